The molecule has 15 heavy (non-hydrogen) atoms. The summed E-state index contributed by atoms with van der Waals surface area (Å²) in [6.45, 7) is 4.30. The largest absolute Gasteiger partial charge is 0.467 e. The van der Waals surface area contributed by atoms with Crippen LogP contribution in [0.25, 0.3) is 0 Å². The summed E-state index contributed by atoms with van der Waals surface area (Å²) in [5.74, 6) is 0.736. The van der Waals surface area contributed by atoms with Crippen molar-refractivity contribution < 1.29 is 9.21 Å². The Morgan fingerprint density at radius 3 is 2.87 bits per heavy atom. The summed E-state index contributed by atoms with van der Waals surface area (Å²) in [4.78, 5) is 11.6. The lowest BCUT2D eigenvalue weighted by atomic mass is 10.1. The summed E-state index contributed by atoms with van der Waals surface area (Å²) < 4.78 is 5.20. The van der Waals surface area contributed by atoms with Gasteiger partial charge in [-0.1, -0.05) is 6.92 Å². The van der Waals surface area contributed by atoms with Gasteiger partial charge < -0.3 is 15.5 Å². The predicted octanol–water partition coefficient (Wildman–Crippen LogP) is 1.44. The van der Waals surface area contributed by atoms with Gasteiger partial charge in [-0.15, -0.1) is 0 Å². The van der Waals surface area contributed by atoms with E-state index in [2.05, 4.69) is 5.32 Å². The molecule has 0 spiro atoms. The molecule has 0 aliphatic heterocycles. The van der Waals surface area contributed by atoms with Crippen LogP contribution in [0.3, 0.4) is 0 Å². The van der Waals surface area contributed by atoms with E-state index in [1.807, 2.05) is 19.9 Å². The normalized spacial score (nSPS) is 14.6. The first-order valence-corrected chi connectivity index (χ1v) is 5.19. The van der Waals surface area contributed by atoms with Crippen molar-refractivity contribution in [2.75, 3.05) is 6.54 Å². The molecule has 0 saturated heterocycles. The second-order valence-corrected chi connectivity index (χ2v) is 3.72. The molecule has 0 aliphatic rings. The molecule has 1 heterocycles. The topological polar surface area (TPSA) is 68.3 Å². The molecule has 1 unspecified atom stereocenters. The Kier molecular flexibility index (Phi) is 4.37. The van der Waals surface area contributed by atoms with Gasteiger partial charge in [-0.2, -0.15) is 0 Å². The van der Waals surface area contributed by atoms with Gasteiger partial charge in [0.15, 0.2) is 0 Å². The summed E-state index contributed by atoms with van der Waals surface area (Å²) in [6.07, 6.45) is 2.30. The number of hydrogen-bond donors (Lipinski definition) is 2. The summed E-state index contributed by atoms with van der Waals surface area (Å²) in [5, 5.41) is 2.88. The number of furan rings is 1. The first-order valence-electron chi connectivity index (χ1n) is 5.19. The number of carbonyl (C=O) groups is 1. The summed E-state index contributed by atoms with van der Waals surface area (Å²) in [5.41, 5.74) is 5.39. The van der Waals surface area contributed by atoms with Crippen molar-refractivity contribution in [3.8, 4) is 0 Å². The van der Waals surface area contributed by atoms with Gasteiger partial charge in [0.1, 0.15) is 5.76 Å². The van der Waals surface area contributed by atoms with E-state index in [0.717, 1.165) is 5.76 Å². The maximum Gasteiger partial charge on any atom is 0.223 e. The van der Waals surface area contributed by atoms with E-state index in [4.69, 9.17) is 10.2 Å². The minimum absolute atomic E-state index is 0.0179. The molecular weight excluding hydrogens is 192 g/mol. The van der Waals surface area contributed by atoms with E-state index in [-0.39, 0.29) is 17.9 Å². The van der Waals surface area contributed by atoms with Crippen molar-refractivity contribution >= 4 is 5.91 Å². The molecule has 0 aromatic carbocycles. The van der Waals surface area contributed by atoms with Crippen molar-refractivity contribution in [1.82, 2.24) is 5.32 Å². The van der Waals surface area contributed by atoms with E-state index in [1.165, 1.54) is 0 Å². The molecule has 2 atom stereocenters. The third kappa shape index (κ3) is 3.40. The Morgan fingerprint density at radius 2 is 2.33 bits per heavy atom. The van der Waals surface area contributed by atoms with Gasteiger partial charge in [-0.3, -0.25) is 4.79 Å². The lowest BCUT2D eigenvalue weighted by molar-refractivity contribution is -0.125. The molecule has 4 heteroatoms. The fraction of sp³-hybridized carbons (Fsp3) is 0.545. The third-order valence-electron chi connectivity index (χ3n) is 2.38. The van der Waals surface area contributed by atoms with Crippen molar-refractivity contribution in [2.45, 2.75) is 26.3 Å². The van der Waals surface area contributed by atoms with Crippen LogP contribution in [0.4, 0.5) is 0 Å². The van der Waals surface area contributed by atoms with Gasteiger partial charge >= 0.3 is 0 Å². The monoisotopic (exact) mass is 210 g/mol. The lowest BCUT2D eigenvalue weighted by Gasteiger charge is -2.15. The number of nitrogens with two attached hydrogens (primary N) is 1. The van der Waals surface area contributed by atoms with Crippen LogP contribution in [0.5, 0.6) is 0 Å². The fourth-order valence-corrected chi connectivity index (χ4v) is 1.35. The Hall–Kier alpha value is -1.29. The van der Waals surface area contributed by atoms with Gasteiger partial charge in [0.05, 0.1) is 12.3 Å². The molecule has 1 rings (SSSR count). The van der Waals surface area contributed by atoms with Crippen LogP contribution in [0.1, 0.15) is 32.1 Å². The van der Waals surface area contributed by atoms with Crippen molar-refractivity contribution in [3.05, 3.63) is 24.2 Å². The van der Waals surface area contributed by atoms with E-state index in [0.29, 0.717) is 13.0 Å². The average molecular weight is 210 g/mol. The SMILES string of the molecule is CC(CCN)C(=O)N[C@@H](C)c1ccco1. The Balaban J connectivity index is 2.44. The number of rotatable bonds is 5. The molecule has 3 N–H and O–H groups in total. The maximum atomic E-state index is 11.6. The molecule has 0 radical (unpaired) electrons. The second-order valence-electron chi connectivity index (χ2n) is 3.72. The van der Waals surface area contributed by atoms with Gasteiger partial charge in [0, 0.05) is 5.92 Å². The zero-order valence-electron chi connectivity index (χ0n) is 9.19. The molecule has 4 nitrogen and oxygen atoms in total. The van der Waals surface area contributed by atoms with Crippen LogP contribution in [0.15, 0.2) is 22.8 Å². The van der Waals surface area contributed by atoms with Crippen LogP contribution < -0.4 is 11.1 Å². The lowest BCUT2D eigenvalue weighted by Crippen LogP contribution is -2.32. The van der Waals surface area contributed by atoms with Crippen LogP contribution in [-0.4, -0.2) is 12.5 Å². The molecular formula is C11H18N2O2. The van der Waals surface area contributed by atoms with Crippen LogP contribution in [0.2, 0.25) is 0 Å². The number of nitrogens with one attached hydrogen (secondary N) is 1. The Bertz CT molecular complexity index is 296. The fourth-order valence-electron chi connectivity index (χ4n) is 1.35. The average Bonchev–Trinajstić information content (AvgIpc) is 2.70. The van der Waals surface area contributed by atoms with Gasteiger partial charge in [0.25, 0.3) is 0 Å². The van der Waals surface area contributed by atoms with E-state index in [9.17, 15) is 4.79 Å². The first kappa shape index (κ1) is 11.8. The molecule has 1 aromatic heterocycles. The predicted molar refractivity (Wildman–Crippen MR) is 58.1 cm³/mol. The van der Waals surface area contributed by atoms with Crippen molar-refractivity contribution in [1.29, 1.82) is 0 Å². The molecule has 0 bridgehead atoms. The molecule has 0 saturated carbocycles. The van der Waals surface area contributed by atoms with Gasteiger partial charge in [-0.05, 0) is 32.0 Å². The summed E-state index contributed by atoms with van der Waals surface area (Å²) in [6, 6.07) is 3.56. The standard InChI is InChI=1S/C11H18N2O2/c1-8(5-6-12)11(14)13-9(2)10-4-3-7-15-10/h3-4,7-9H,5-6,12H2,1-2H3,(H,13,14)/t8?,9-/m0/s1. The minimum Gasteiger partial charge on any atom is -0.467 e. The van der Waals surface area contributed by atoms with E-state index >= 15 is 0 Å². The Labute approximate surface area is 89.8 Å². The second kappa shape index (κ2) is 5.56. The van der Waals surface area contributed by atoms with Crippen LogP contribution >= 0.6 is 0 Å². The van der Waals surface area contributed by atoms with E-state index < -0.39 is 0 Å². The highest BCUT2D eigenvalue weighted by Crippen LogP contribution is 2.13. The minimum atomic E-state index is -0.0901. The smallest absolute Gasteiger partial charge is 0.223 e. The number of hydrogen-bond acceptors (Lipinski definition) is 3. The zero-order chi connectivity index (χ0) is 11.3. The molecule has 0 fully saturated rings. The maximum absolute atomic E-state index is 11.6. The quantitative estimate of drug-likeness (QED) is 0.772. The van der Waals surface area contributed by atoms with Crippen LogP contribution in [-0.2, 0) is 4.79 Å². The van der Waals surface area contributed by atoms with Crippen LogP contribution in [0, 0.1) is 5.92 Å². The zero-order valence-corrected chi connectivity index (χ0v) is 9.19. The highest BCUT2D eigenvalue weighted by Gasteiger charge is 2.16. The van der Waals surface area contributed by atoms with Gasteiger partial charge in [0.2, 0.25) is 5.91 Å². The Morgan fingerprint density at radius 1 is 1.60 bits per heavy atom. The number of amides is 1. The highest BCUT2D eigenvalue weighted by atomic mass is 16.3. The summed E-state index contributed by atoms with van der Waals surface area (Å²) >= 11 is 0. The molecule has 0 aliphatic carbocycles. The number of carbonyl (C=O) groups excluding carboxylic acids is 1. The molecule has 1 aromatic rings. The third-order valence-corrected chi connectivity index (χ3v) is 2.38. The molecule has 84 valence electrons. The van der Waals surface area contributed by atoms with Crippen molar-refractivity contribution in [2.24, 2.45) is 11.7 Å². The van der Waals surface area contributed by atoms with E-state index in [1.54, 1.807) is 12.3 Å². The molecule has 1 amide bonds. The van der Waals surface area contributed by atoms with Gasteiger partial charge in [-0.25, -0.2) is 0 Å². The first-order chi connectivity index (χ1) is 7.15. The van der Waals surface area contributed by atoms with Crippen molar-refractivity contribution in [3.63, 3.8) is 0 Å². The highest BCUT2D eigenvalue weighted by molar-refractivity contribution is 5.78. The summed E-state index contributed by atoms with van der Waals surface area (Å²) in [7, 11) is 0.